The molecule has 0 saturated carbocycles. The number of amides is 1. The molecule has 1 unspecified atom stereocenters. The van der Waals surface area contributed by atoms with Crippen molar-refractivity contribution in [3.05, 3.63) is 107 Å². The third-order valence-corrected chi connectivity index (χ3v) is 5.46. The molecule has 166 valence electrons. The SMILES string of the molecule is CN=C(NCCc1cccc(C(=O)NC)c1)NCC(Cc1ccccc1)c1ccccc1. The zero-order chi connectivity index (χ0) is 22.6. The topological polar surface area (TPSA) is 65.5 Å². The Morgan fingerprint density at radius 2 is 1.56 bits per heavy atom. The van der Waals surface area contributed by atoms with Gasteiger partial charge in [-0.2, -0.15) is 0 Å². The first-order valence-electron chi connectivity index (χ1n) is 11.0. The van der Waals surface area contributed by atoms with Gasteiger partial charge in [-0.05, 0) is 41.7 Å². The van der Waals surface area contributed by atoms with E-state index in [4.69, 9.17) is 0 Å². The van der Waals surface area contributed by atoms with Crippen LogP contribution in [0.2, 0.25) is 0 Å². The van der Waals surface area contributed by atoms with Gasteiger partial charge >= 0.3 is 0 Å². The highest BCUT2D eigenvalue weighted by Crippen LogP contribution is 2.20. The smallest absolute Gasteiger partial charge is 0.251 e. The maximum absolute atomic E-state index is 11.8. The molecular formula is C27H32N4O. The van der Waals surface area contributed by atoms with Crippen molar-refractivity contribution < 1.29 is 4.79 Å². The minimum Gasteiger partial charge on any atom is -0.356 e. The van der Waals surface area contributed by atoms with Crippen molar-refractivity contribution in [3.63, 3.8) is 0 Å². The molecule has 3 rings (SSSR count). The van der Waals surface area contributed by atoms with Crippen LogP contribution in [0.5, 0.6) is 0 Å². The van der Waals surface area contributed by atoms with Crippen LogP contribution in [0.15, 0.2) is 89.9 Å². The molecule has 0 aliphatic carbocycles. The van der Waals surface area contributed by atoms with Crippen molar-refractivity contribution in [3.8, 4) is 0 Å². The van der Waals surface area contributed by atoms with Gasteiger partial charge in [0.1, 0.15) is 0 Å². The lowest BCUT2D eigenvalue weighted by atomic mass is 9.92. The quantitative estimate of drug-likeness (QED) is 0.359. The predicted octanol–water partition coefficient (Wildman–Crippen LogP) is 3.78. The van der Waals surface area contributed by atoms with Gasteiger partial charge in [0.25, 0.3) is 5.91 Å². The molecule has 0 radical (unpaired) electrons. The summed E-state index contributed by atoms with van der Waals surface area (Å²) in [7, 11) is 3.43. The Kier molecular flexibility index (Phi) is 8.87. The van der Waals surface area contributed by atoms with Gasteiger partial charge in [-0.1, -0.05) is 72.8 Å². The first-order chi connectivity index (χ1) is 15.7. The van der Waals surface area contributed by atoms with Crippen LogP contribution in [-0.2, 0) is 12.8 Å². The highest BCUT2D eigenvalue weighted by Gasteiger charge is 2.13. The van der Waals surface area contributed by atoms with Crippen LogP contribution >= 0.6 is 0 Å². The molecule has 3 aromatic rings. The third-order valence-electron chi connectivity index (χ3n) is 5.46. The van der Waals surface area contributed by atoms with Gasteiger partial charge in [0.2, 0.25) is 0 Å². The number of hydrogen-bond acceptors (Lipinski definition) is 2. The number of nitrogens with zero attached hydrogens (tertiary/aromatic N) is 1. The van der Waals surface area contributed by atoms with E-state index in [1.165, 1.54) is 11.1 Å². The Labute approximate surface area is 191 Å². The van der Waals surface area contributed by atoms with E-state index in [0.717, 1.165) is 37.5 Å². The average Bonchev–Trinajstić information content (AvgIpc) is 2.86. The molecule has 0 aromatic heterocycles. The Hall–Kier alpha value is -3.60. The van der Waals surface area contributed by atoms with Crippen molar-refractivity contribution in [1.29, 1.82) is 0 Å². The van der Waals surface area contributed by atoms with Crippen molar-refractivity contribution in [2.75, 3.05) is 27.2 Å². The first-order valence-corrected chi connectivity index (χ1v) is 11.0. The lowest BCUT2D eigenvalue weighted by molar-refractivity contribution is 0.0963. The molecule has 0 saturated heterocycles. The molecule has 0 heterocycles. The Bertz CT molecular complexity index is 1000. The van der Waals surface area contributed by atoms with Crippen LogP contribution in [0.3, 0.4) is 0 Å². The summed E-state index contributed by atoms with van der Waals surface area (Å²) >= 11 is 0. The summed E-state index contributed by atoms with van der Waals surface area (Å²) in [5.74, 6) is 1.05. The molecule has 5 nitrogen and oxygen atoms in total. The number of rotatable bonds is 9. The molecule has 3 aromatic carbocycles. The lowest BCUT2D eigenvalue weighted by Crippen LogP contribution is -2.40. The van der Waals surface area contributed by atoms with E-state index in [9.17, 15) is 4.79 Å². The summed E-state index contributed by atoms with van der Waals surface area (Å²) in [6.45, 7) is 1.51. The highest BCUT2D eigenvalue weighted by molar-refractivity contribution is 5.94. The number of carbonyl (C=O) groups excluding carboxylic acids is 1. The summed E-state index contributed by atoms with van der Waals surface area (Å²) in [4.78, 5) is 16.2. The number of guanidine groups is 1. The maximum Gasteiger partial charge on any atom is 0.251 e. The van der Waals surface area contributed by atoms with Gasteiger partial charge in [-0.15, -0.1) is 0 Å². The number of benzene rings is 3. The van der Waals surface area contributed by atoms with Crippen LogP contribution in [0, 0.1) is 0 Å². The normalized spacial score (nSPS) is 12.1. The monoisotopic (exact) mass is 428 g/mol. The van der Waals surface area contributed by atoms with E-state index < -0.39 is 0 Å². The van der Waals surface area contributed by atoms with Crippen molar-refractivity contribution in [1.82, 2.24) is 16.0 Å². The van der Waals surface area contributed by atoms with E-state index in [2.05, 4.69) is 81.6 Å². The molecule has 3 N–H and O–H groups in total. The largest absolute Gasteiger partial charge is 0.356 e. The fraction of sp³-hybridized carbons (Fsp3) is 0.259. The Morgan fingerprint density at radius 1 is 0.875 bits per heavy atom. The first kappa shape index (κ1) is 23.1. The van der Waals surface area contributed by atoms with Crippen LogP contribution in [0.25, 0.3) is 0 Å². The number of nitrogens with one attached hydrogen (secondary N) is 3. The van der Waals surface area contributed by atoms with E-state index in [0.29, 0.717) is 11.5 Å². The standard InChI is InChI=1S/C27H32N4O/c1-28-26(32)24-15-9-12-22(18-24)16-17-30-27(29-2)31-20-25(23-13-7-4-8-14-23)19-21-10-5-3-6-11-21/h3-15,18,25H,16-17,19-20H2,1-2H3,(H,28,32)(H2,29,30,31). The van der Waals surface area contributed by atoms with Gasteiger partial charge in [-0.25, -0.2) is 0 Å². The number of carbonyl (C=O) groups is 1. The lowest BCUT2D eigenvalue weighted by Gasteiger charge is -2.20. The van der Waals surface area contributed by atoms with Crippen molar-refractivity contribution >= 4 is 11.9 Å². The second-order valence-electron chi connectivity index (χ2n) is 7.71. The zero-order valence-electron chi connectivity index (χ0n) is 18.8. The molecule has 32 heavy (non-hydrogen) atoms. The summed E-state index contributed by atoms with van der Waals surface area (Å²) in [6.07, 6.45) is 1.76. The molecule has 5 heteroatoms. The minimum atomic E-state index is -0.0670. The molecule has 0 bridgehead atoms. The third kappa shape index (κ3) is 6.98. The molecule has 0 spiro atoms. The molecule has 1 amide bonds. The molecule has 0 fully saturated rings. The summed E-state index contributed by atoms with van der Waals surface area (Å²) in [5, 5.41) is 9.54. The Morgan fingerprint density at radius 3 is 2.25 bits per heavy atom. The van der Waals surface area contributed by atoms with Crippen LogP contribution in [-0.4, -0.2) is 39.1 Å². The second kappa shape index (κ2) is 12.3. The molecule has 0 aliphatic heterocycles. The van der Waals surface area contributed by atoms with Gasteiger partial charge in [-0.3, -0.25) is 9.79 Å². The summed E-state index contributed by atoms with van der Waals surface area (Å²) in [6, 6.07) is 28.9. The van der Waals surface area contributed by atoms with Crippen molar-refractivity contribution in [2.45, 2.75) is 18.8 Å². The van der Waals surface area contributed by atoms with E-state index in [1.807, 2.05) is 24.3 Å². The molecule has 1 atom stereocenters. The maximum atomic E-state index is 11.8. The fourth-order valence-electron chi connectivity index (χ4n) is 3.71. The minimum absolute atomic E-state index is 0.0670. The van der Waals surface area contributed by atoms with Gasteiger partial charge in [0.15, 0.2) is 5.96 Å². The second-order valence-corrected chi connectivity index (χ2v) is 7.71. The number of hydrogen-bond donors (Lipinski definition) is 3. The average molecular weight is 429 g/mol. The van der Waals surface area contributed by atoms with Gasteiger partial charge in [0, 0.05) is 38.7 Å². The number of aliphatic imine (C=N–C) groups is 1. The van der Waals surface area contributed by atoms with E-state index >= 15 is 0 Å². The Balaban J connectivity index is 1.56. The van der Waals surface area contributed by atoms with E-state index in [-0.39, 0.29) is 5.91 Å². The fourth-order valence-corrected chi connectivity index (χ4v) is 3.71. The summed E-state index contributed by atoms with van der Waals surface area (Å²) < 4.78 is 0. The molecular weight excluding hydrogens is 396 g/mol. The zero-order valence-corrected chi connectivity index (χ0v) is 18.8. The summed E-state index contributed by atoms with van der Waals surface area (Å²) in [5.41, 5.74) is 4.42. The van der Waals surface area contributed by atoms with Crippen LogP contribution in [0.1, 0.15) is 33.0 Å². The van der Waals surface area contributed by atoms with Crippen LogP contribution < -0.4 is 16.0 Å². The molecule has 0 aliphatic rings. The van der Waals surface area contributed by atoms with E-state index in [1.54, 1.807) is 14.1 Å². The highest BCUT2D eigenvalue weighted by atomic mass is 16.1. The van der Waals surface area contributed by atoms with Gasteiger partial charge in [0.05, 0.1) is 0 Å². The van der Waals surface area contributed by atoms with Crippen molar-refractivity contribution in [2.24, 2.45) is 4.99 Å². The predicted molar refractivity (Wildman–Crippen MR) is 132 cm³/mol. The van der Waals surface area contributed by atoms with Crippen LogP contribution in [0.4, 0.5) is 0 Å². The van der Waals surface area contributed by atoms with Gasteiger partial charge < -0.3 is 16.0 Å².